The van der Waals surface area contributed by atoms with Gasteiger partial charge in [-0.25, -0.2) is 65.9 Å². The average molecular weight is 603 g/mol. The SMILES string of the molecule is C[N+](C)(C)C.O[B-](c1c(F)c(F)c(F)c(F)c1F)(c1c(F)c(F)c(F)c(F)c1F)c1c(F)c(F)c(F)c(F)c1F. The van der Waals surface area contributed by atoms with Crippen LogP contribution in [0, 0.1) is 87.3 Å². The average Bonchev–Trinajstić information content (AvgIpc) is 2.85. The second-order valence-electron chi connectivity index (χ2n) is 9.45. The zero-order valence-electron chi connectivity index (χ0n) is 20.1. The molecular weight excluding hydrogens is 590 g/mol. The van der Waals surface area contributed by atoms with Gasteiger partial charge < -0.3 is 9.51 Å². The fraction of sp³-hybridized carbons (Fsp3) is 0.182. The first-order valence-corrected chi connectivity index (χ1v) is 10.2. The van der Waals surface area contributed by atoms with Crippen LogP contribution in [0.1, 0.15) is 0 Å². The van der Waals surface area contributed by atoms with E-state index in [2.05, 4.69) is 28.2 Å². The van der Waals surface area contributed by atoms with Crippen LogP contribution >= 0.6 is 0 Å². The van der Waals surface area contributed by atoms with E-state index in [1.807, 2.05) is 0 Å². The maximum absolute atomic E-state index is 14.5. The van der Waals surface area contributed by atoms with E-state index in [9.17, 15) is 70.9 Å². The van der Waals surface area contributed by atoms with Crippen molar-refractivity contribution < 1.29 is 75.4 Å². The minimum absolute atomic E-state index is 1.00. The molecule has 18 heteroatoms. The van der Waals surface area contributed by atoms with Crippen LogP contribution < -0.4 is 16.4 Å². The number of nitrogens with zero attached hydrogens (tertiary/aromatic N) is 1. The smallest absolute Gasteiger partial charge is 0.214 e. The quantitative estimate of drug-likeness (QED) is 0.158. The van der Waals surface area contributed by atoms with Gasteiger partial charge in [0, 0.05) is 0 Å². The molecule has 0 amide bonds. The van der Waals surface area contributed by atoms with Crippen LogP contribution in [0.4, 0.5) is 65.9 Å². The highest BCUT2D eigenvalue weighted by molar-refractivity contribution is 7.06. The Kier molecular flexibility index (Phi) is 8.92. The zero-order chi connectivity index (χ0) is 31.4. The van der Waals surface area contributed by atoms with Gasteiger partial charge in [0.25, 0.3) is 0 Å². The van der Waals surface area contributed by atoms with Gasteiger partial charge in [-0.3, -0.25) is 0 Å². The van der Waals surface area contributed by atoms with Gasteiger partial charge in [-0.15, -0.1) is 0 Å². The van der Waals surface area contributed by atoms with Crippen molar-refractivity contribution in [1.29, 1.82) is 0 Å². The predicted octanol–water partition coefficient (Wildman–Crippen LogP) is 4.05. The summed E-state index contributed by atoms with van der Waals surface area (Å²) in [5.41, 5.74) is -9.23. The molecule has 0 saturated heterocycles. The van der Waals surface area contributed by atoms with Crippen molar-refractivity contribution in [3.05, 3.63) is 87.3 Å². The third-order valence-electron chi connectivity index (χ3n) is 4.98. The summed E-state index contributed by atoms with van der Waals surface area (Å²) in [5.74, 6) is -47.9. The first kappa shape index (κ1) is 32.8. The topological polar surface area (TPSA) is 20.2 Å². The van der Waals surface area contributed by atoms with Gasteiger partial charge in [0.2, 0.25) is 6.35 Å². The maximum atomic E-state index is 14.5. The summed E-state index contributed by atoms with van der Waals surface area (Å²) >= 11 is 0. The van der Waals surface area contributed by atoms with Crippen molar-refractivity contribution in [3.63, 3.8) is 0 Å². The van der Waals surface area contributed by atoms with Crippen LogP contribution in [-0.2, 0) is 0 Å². The molecule has 0 aliphatic carbocycles. The van der Waals surface area contributed by atoms with E-state index >= 15 is 0 Å². The summed E-state index contributed by atoms with van der Waals surface area (Å²) in [4.78, 5) is 0. The number of hydrogen-bond donors (Lipinski definition) is 1. The molecule has 1 N–H and O–H groups in total. The second-order valence-corrected chi connectivity index (χ2v) is 9.45. The van der Waals surface area contributed by atoms with Crippen molar-refractivity contribution in [2.75, 3.05) is 28.2 Å². The van der Waals surface area contributed by atoms with E-state index in [-0.39, 0.29) is 0 Å². The van der Waals surface area contributed by atoms with Crippen LogP contribution in [0.3, 0.4) is 0 Å². The number of halogens is 15. The third-order valence-corrected chi connectivity index (χ3v) is 4.98. The lowest BCUT2D eigenvalue weighted by molar-refractivity contribution is -0.849. The Hall–Kier alpha value is -3.41. The highest BCUT2D eigenvalue weighted by Crippen LogP contribution is 2.26. The van der Waals surface area contributed by atoms with Crippen molar-refractivity contribution in [1.82, 2.24) is 0 Å². The van der Waals surface area contributed by atoms with E-state index in [0.717, 1.165) is 4.48 Å². The fourth-order valence-corrected chi connectivity index (χ4v) is 3.40. The summed E-state index contributed by atoms with van der Waals surface area (Å²) < 4.78 is 211. The summed E-state index contributed by atoms with van der Waals surface area (Å²) in [6.45, 7) is 0. The van der Waals surface area contributed by atoms with E-state index in [1.165, 1.54) is 0 Å². The number of hydrogen-bond acceptors (Lipinski definition) is 1. The molecule has 3 rings (SSSR count). The van der Waals surface area contributed by atoms with Crippen LogP contribution in [-0.4, -0.2) is 44.0 Å². The number of quaternary nitrogens is 1. The first-order valence-electron chi connectivity index (χ1n) is 10.2. The highest BCUT2D eigenvalue weighted by atomic mass is 19.2. The Morgan fingerprint density at radius 2 is 0.425 bits per heavy atom. The molecule has 0 atom stereocenters. The van der Waals surface area contributed by atoms with Gasteiger partial charge in [-0.05, 0) is 0 Å². The lowest BCUT2D eigenvalue weighted by Crippen LogP contribution is -2.73. The van der Waals surface area contributed by atoms with E-state index in [1.54, 1.807) is 0 Å². The molecule has 40 heavy (non-hydrogen) atoms. The van der Waals surface area contributed by atoms with Gasteiger partial charge >= 0.3 is 0 Å². The molecule has 220 valence electrons. The normalized spacial score (nSPS) is 12.0. The van der Waals surface area contributed by atoms with E-state index < -0.39 is 110 Å². The number of rotatable bonds is 3. The van der Waals surface area contributed by atoms with Crippen molar-refractivity contribution in [3.8, 4) is 0 Å². The van der Waals surface area contributed by atoms with Crippen molar-refractivity contribution in [2.24, 2.45) is 0 Å². The summed E-state index contributed by atoms with van der Waals surface area (Å²) in [5, 5.41) is 10.8. The first-order chi connectivity index (χ1) is 18.0. The molecule has 0 aliphatic heterocycles. The molecule has 0 unspecified atom stereocenters. The minimum Gasteiger partial charge on any atom is -0.594 e. The molecule has 0 aromatic heterocycles. The van der Waals surface area contributed by atoms with Crippen molar-refractivity contribution >= 4 is 22.7 Å². The molecule has 0 aliphatic rings. The second kappa shape index (κ2) is 10.9. The van der Waals surface area contributed by atoms with E-state index in [4.69, 9.17) is 0 Å². The largest absolute Gasteiger partial charge is 0.594 e. The van der Waals surface area contributed by atoms with Gasteiger partial charge in [0.1, 0.15) is 34.9 Å². The van der Waals surface area contributed by atoms with Crippen LogP contribution in [0.5, 0.6) is 0 Å². The number of benzene rings is 3. The van der Waals surface area contributed by atoms with Gasteiger partial charge in [0.15, 0.2) is 52.4 Å². The molecule has 3 aromatic rings. The monoisotopic (exact) mass is 603 g/mol. The Bertz CT molecular complexity index is 1260. The molecule has 0 radical (unpaired) electrons. The van der Waals surface area contributed by atoms with Gasteiger partial charge in [0.05, 0.1) is 28.2 Å². The molecule has 0 heterocycles. The molecule has 0 spiro atoms. The lowest BCUT2D eigenvalue weighted by atomic mass is 9.28. The molecular formula is C22H13BF15NO. The van der Waals surface area contributed by atoms with Crippen molar-refractivity contribution in [2.45, 2.75) is 0 Å². The molecule has 2 nitrogen and oxygen atoms in total. The predicted molar refractivity (Wildman–Crippen MR) is 110 cm³/mol. The van der Waals surface area contributed by atoms with Crippen LogP contribution in [0.25, 0.3) is 0 Å². The summed E-state index contributed by atoms with van der Waals surface area (Å²) in [6.07, 6.45) is -6.41. The Balaban J connectivity index is 0.00000103. The van der Waals surface area contributed by atoms with E-state index in [0.29, 0.717) is 0 Å². The molecule has 0 fully saturated rings. The fourth-order valence-electron chi connectivity index (χ4n) is 3.40. The highest BCUT2D eigenvalue weighted by Gasteiger charge is 2.47. The molecule has 0 saturated carbocycles. The van der Waals surface area contributed by atoms with Crippen LogP contribution in [0.15, 0.2) is 0 Å². The Labute approximate surface area is 214 Å². The summed E-state index contributed by atoms with van der Waals surface area (Å²) in [6, 6.07) is 0. The van der Waals surface area contributed by atoms with Gasteiger partial charge in [-0.1, -0.05) is 16.4 Å². The lowest BCUT2D eigenvalue weighted by Gasteiger charge is -2.39. The Morgan fingerprint density at radius 1 is 0.325 bits per heavy atom. The minimum atomic E-state index is -6.41. The van der Waals surface area contributed by atoms with Gasteiger partial charge in [-0.2, -0.15) is 0 Å². The van der Waals surface area contributed by atoms with Crippen LogP contribution in [0.2, 0.25) is 0 Å². The third kappa shape index (κ3) is 5.21. The molecule has 3 aromatic carbocycles. The zero-order valence-corrected chi connectivity index (χ0v) is 20.1. The standard InChI is InChI=1S/C18HBF15O.C4H12N/c20-4-1(5(21)11(27)16(32)10(4)26)19(35,2-6(22)12(28)17(33)13(29)7(2)23)3-8(24)14(30)18(34)15(31)9(3)25;1-5(2,3)4/h35H;1-4H3/q-1;+1. The Morgan fingerprint density at radius 3 is 0.550 bits per heavy atom. The molecule has 0 bridgehead atoms. The maximum Gasteiger partial charge on any atom is 0.214 e. The summed E-state index contributed by atoms with van der Waals surface area (Å²) in [7, 11) is 8.50.